The summed E-state index contributed by atoms with van der Waals surface area (Å²) < 4.78 is 12.2. The minimum atomic E-state index is 0.0228. The van der Waals surface area contributed by atoms with Crippen molar-refractivity contribution in [2.45, 2.75) is 53.2 Å². The molecule has 1 atom stereocenters. The number of likely N-dealkylation sites (tertiary alicyclic amines) is 1. The molecule has 0 unspecified atom stereocenters. The van der Waals surface area contributed by atoms with Gasteiger partial charge in [0.1, 0.15) is 28.8 Å². The molecule has 0 bridgehead atoms. The fourth-order valence-electron chi connectivity index (χ4n) is 4.02. The van der Waals surface area contributed by atoms with Gasteiger partial charge in [0.25, 0.3) is 0 Å². The zero-order valence-corrected chi connectivity index (χ0v) is 21.6. The van der Waals surface area contributed by atoms with Crippen LogP contribution in [0.25, 0.3) is 22.3 Å². The number of pyridine rings is 1. The van der Waals surface area contributed by atoms with Crippen LogP contribution < -0.4 is 14.8 Å². The van der Waals surface area contributed by atoms with E-state index in [0.717, 1.165) is 53.2 Å². The average Bonchev–Trinajstić information content (AvgIpc) is 3.38. The number of hydrogen-bond acceptors (Lipinski definition) is 7. The number of hydrogen-bond donors (Lipinski definition) is 1. The first-order valence-electron chi connectivity index (χ1n) is 11.7. The third-order valence-electron chi connectivity index (χ3n) is 5.56. The van der Waals surface area contributed by atoms with Gasteiger partial charge >= 0.3 is 0 Å². The van der Waals surface area contributed by atoms with E-state index in [4.69, 9.17) is 31.0 Å². The molecule has 0 amide bonds. The quantitative estimate of drug-likeness (QED) is 0.379. The van der Waals surface area contributed by atoms with Gasteiger partial charge in [-0.05, 0) is 58.7 Å². The van der Waals surface area contributed by atoms with Gasteiger partial charge in [-0.15, -0.1) is 11.3 Å². The van der Waals surface area contributed by atoms with Gasteiger partial charge in [-0.3, -0.25) is 4.90 Å². The first-order valence-corrected chi connectivity index (χ1v) is 12.9. The number of ether oxygens (including phenoxy) is 2. The second kappa shape index (κ2) is 10.5. The smallest absolute Gasteiger partial charge is 0.183 e. The van der Waals surface area contributed by atoms with E-state index in [-0.39, 0.29) is 6.10 Å². The molecule has 4 rings (SSSR count). The van der Waals surface area contributed by atoms with Gasteiger partial charge < -0.3 is 14.8 Å². The van der Waals surface area contributed by atoms with Crippen LogP contribution in [0.3, 0.4) is 0 Å². The molecule has 0 spiro atoms. The van der Waals surface area contributed by atoms with Crippen LogP contribution in [0, 0.1) is 5.92 Å². The highest BCUT2D eigenvalue weighted by Gasteiger charge is 2.20. The van der Waals surface area contributed by atoms with Crippen molar-refractivity contribution < 1.29 is 9.47 Å². The van der Waals surface area contributed by atoms with Crippen molar-refractivity contribution in [3.63, 3.8) is 0 Å². The zero-order valence-electron chi connectivity index (χ0n) is 20.0. The second-order valence-corrected chi connectivity index (χ2v) is 10.6. The lowest BCUT2D eigenvalue weighted by molar-refractivity contribution is 0.234. The molecule has 1 aliphatic heterocycles. The Kier molecular flexibility index (Phi) is 7.62. The highest BCUT2D eigenvalue weighted by Crippen LogP contribution is 2.39. The molecule has 1 aromatic carbocycles. The van der Waals surface area contributed by atoms with Crippen LogP contribution in [0.2, 0.25) is 5.02 Å². The van der Waals surface area contributed by atoms with E-state index in [1.165, 1.54) is 6.42 Å². The lowest BCUT2D eigenvalue weighted by atomic mass is 10.1. The molecule has 0 radical (unpaired) electrons. The molecule has 1 saturated heterocycles. The molecule has 6 nitrogen and oxygen atoms in total. The summed E-state index contributed by atoms with van der Waals surface area (Å²) in [5.74, 6) is 2.16. The van der Waals surface area contributed by atoms with Crippen molar-refractivity contribution >= 4 is 39.0 Å². The number of anilines is 1. The predicted octanol–water partition coefficient (Wildman–Crippen LogP) is 6.34. The Morgan fingerprint density at radius 1 is 1.18 bits per heavy atom. The SMILES string of the molecule is CC(C)Nc1nc(-c2cc(OC(C)C)c3ccc(OCCN4CC[C@@H](C)C4)c(Cl)c3n2)cs1. The van der Waals surface area contributed by atoms with E-state index in [1.807, 2.05) is 37.4 Å². The van der Waals surface area contributed by atoms with E-state index < -0.39 is 0 Å². The van der Waals surface area contributed by atoms with Crippen LogP contribution in [0.5, 0.6) is 11.5 Å². The Bertz CT molecular complexity index is 1100. The number of benzene rings is 1. The van der Waals surface area contributed by atoms with Crippen molar-refractivity contribution in [3.05, 3.63) is 28.6 Å². The van der Waals surface area contributed by atoms with Gasteiger partial charge in [-0.1, -0.05) is 18.5 Å². The Hall–Kier alpha value is -2.09. The van der Waals surface area contributed by atoms with Crippen LogP contribution in [0.15, 0.2) is 23.6 Å². The third kappa shape index (κ3) is 5.89. The highest BCUT2D eigenvalue weighted by molar-refractivity contribution is 7.14. The summed E-state index contributed by atoms with van der Waals surface area (Å²) in [5.41, 5.74) is 2.20. The molecule has 1 aliphatic rings. The lowest BCUT2D eigenvalue weighted by Crippen LogP contribution is -2.26. The molecule has 1 fully saturated rings. The monoisotopic (exact) mass is 488 g/mol. The minimum Gasteiger partial charge on any atom is -0.491 e. The van der Waals surface area contributed by atoms with E-state index in [1.54, 1.807) is 11.3 Å². The van der Waals surface area contributed by atoms with Gasteiger partial charge in [0.15, 0.2) is 5.13 Å². The average molecular weight is 489 g/mol. The number of fused-ring (bicyclic) bond motifs is 1. The largest absolute Gasteiger partial charge is 0.491 e. The van der Waals surface area contributed by atoms with Crippen LogP contribution in [0.1, 0.15) is 41.0 Å². The van der Waals surface area contributed by atoms with Crippen LogP contribution in [0.4, 0.5) is 5.13 Å². The number of halogens is 1. The topological polar surface area (TPSA) is 59.5 Å². The molecule has 0 aliphatic carbocycles. The molecule has 0 saturated carbocycles. The predicted molar refractivity (Wildman–Crippen MR) is 138 cm³/mol. The summed E-state index contributed by atoms with van der Waals surface area (Å²) in [6.45, 7) is 14.3. The Morgan fingerprint density at radius 2 is 2.00 bits per heavy atom. The number of aromatic nitrogens is 2. The van der Waals surface area contributed by atoms with Crippen molar-refractivity contribution in [2.75, 3.05) is 31.6 Å². The Balaban J connectivity index is 1.63. The summed E-state index contributed by atoms with van der Waals surface area (Å²) in [6.07, 6.45) is 1.28. The fraction of sp³-hybridized carbons (Fsp3) is 0.520. The van der Waals surface area contributed by atoms with Crippen molar-refractivity contribution in [3.8, 4) is 22.9 Å². The number of thiazole rings is 1. The molecule has 33 heavy (non-hydrogen) atoms. The Morgan fingerprint density at radius 3 is 2.70 bits per heavy atom. The maximum Gasteiger partial charge on any atom is 0.183 e. The summed E-state index contributed by atoms with van der Waals surface area (Å²) in [5, 5.41) is 7.60. The fourth-order valence-corrected chi connectivity index (χ4v) is 5.13. The molecule has 8 heteroatoms. The first kappa shape index (κ1) is 24.0. The summed E-state index contributed by atoms with van der Waals surface area (Å²) in [4.78, 5) is 12.0. The van der Waals surface area contributed by atoms with Crippen LogP contribution >= 0.6 is 22.9 Å². The normalized spacial score (nSPS) is 16.8. The number of nitrogens with one attached hydrogen (secondary N) is 1. The van der Waals surface area contributed by atoms with E-state index >= 15 is 0 Å². The Labute approximate surface area is 205 Å². The van der Waals surface area contributed by atoms with E-state index in [2.05, 4.69) is 31.0 Å². The zero-order chi connectivity index (χ0) is 23.5. The van der Waals surface area contributed by atoms with Crippen molar-refractivity contribution in [1.29, 1.82) is 0 Å². The summed E-state index contributed by atoms with van der Waals surface area (Å²) in [7, 11) is 0. The van der Waals surface area contributed by atoms with Gasteiger partial charge in [-0.25, -0.2) is 9.97 Å². The molecular formula is C25H33ClN4O2S. The maximum atomic E-state index is 6.82. The number of nitrogens with zero attached hydrogens (tertiary/aromatic N) is 3. The molecule has 3 heterocycles. The summed E-state index contributed by atoms with van der Waals surface area (Å²) >= 11 is 8.38. The van der Waals surface area contributed by atoms with Gasteiger partial charge in [0.2, 0.25) is 0 Å². The third-order valence-corrected chi connectivity index (χ3v) is 6.70. The molecule has 3 aromatic rings. The molecule has 1 N–H and O–H groups in total. The highest BCUT2D eigenvalue weighted by atomic mass is 35.5. The van der Waals surface area contributed by atoms with Crippen LogP contribution in [-0.4, -0.2) is 53.3 Å². The maximum absolute atomic E-state index is 6.82. The minimum absolute atomic E-state index is 0.0228. The molecule has 2 aromatic heterocycles. The number of rotatable bonds is 9. The van der Waals surface area contributed by atoms with Gasteiger partial charge in [0, 0.05) is 36.0 Å². The van der Waals surface area contributed by atoms with Crippen molar-refractivity contribution in [1.82, 2.24) is 14.9 Å². The van der Waals surface area contributed by atoms with E-state index in [9.17, 15) is 0 Å². The van der Waals surface area contributed by atoms with Crippen molar-refractivity contribution in [2.24, 2.45) is 5.92 Å². The first-order chi connectivity index (χ1) is 15.8. The molecule has 178 valence electrons. The van der Waals surface area contributed by atoms with Gasteiger partial charge in [0.05, 0.1) is 17.3 Å². The second-order valence-electron chi connectivity index (χ2n) is 9.33. The van der Waals surface area contributed by atoms with E-state index in [0.29, 0.717) is 28.9 Å². The van der Waals surface area contributed by atoms with Crippen LogP contribution in [-0.2, 0) is 0 Å². The molecular weight excluding hydrogens is 456 g/mol. The lowest BCUT2D eigenvalue weighted by Gasteiger charge is -2.17. The standard InChI is InChI=1S/C25H33ClN4O2S/c1-15(2)27-25-29-20(14-33-25)19-12-22(32-16(3)4)18-6-7-21(23(26)24(18)28-19)31-11-10-30-9-8-17(5)13-30/h6-7,12,14-17H,8-11,13H2,1-5H3,(H,27,29)/t17-/m1/s1. The van der Waals surface area contributed by atoms with Gasteiger partial charge in [-0.2, -0.15) is 0 Å². The summed E-state index contributed by atoms with van der Waals surface area (Å²) in [6, 6.07) is 6.16.